The quantitative estimate of drug-likeness (QED) is 0.589. The van der Waals surface area contributed by atoms with Crippen LogP contribution in [0.5, 0.6) is 11.5 Å². The molecule has 1 aliphatic rings. The predicted molar refractivity (Wildman–Crippen MR) is 112 cm³/mol. The van der Waals surface area contributed by atoms with Crippen LogP contribution >= 0.6 is 0 Å². The summed E-state index contributed by atoms with van der Waals surface area (Å²) in [6.07, 6.45) is 3.36. The molecule has 146 valence electrons. The Kier molecular flexibility index (Phi) is 5.46. The van der Waals surface area contributed by atoms with Crippen LogP contribution in [0.4, 0.5) is 0 Å². The minimum Gasteiger partial charge on any atom is -0.494 e. The summed E-state index contributed by atoms with van der Waals surface area (Å²) in [6.45, 7) is 2.44. The maximum Gasteiger partial charge on any atom is 0.195 e. The van der Waals surface area contributed by atoms with Gasteiger partial charge < -0.3 is 20.9 Å². The molecule has 0 radical (unpaired) electrons. The molecule has 0 fully saturated rings. The Labute approximate surface area is 164 Å². The fourth-order valence-electron chi connectivity index (χ4n) is 3.72. The molecule has 0 amide bonds. The van der Waals surface area contributed by atoms with E-state index in [-0.39, 0.29) is 5.43 Å². The third-order valence-electron chi connectivity index (χ3n) is 5.23. The van der Waals surface area contributed by atoms with Crippen molar-refractivity contribution in [3.63, 3.8) is 0 Å². The molecule has 1 aliphatic carbocycles. The molecule has 0 heterocycles. The lowest BCUT2D eigenvalue weighted by Gasteiger charge is -2.15. The highest BCUT2D eigenvalue weighted by Gasteiger charge is 2.30. The molecular formula is C23H26N2O3. The van der Waals surface area contributed by atoms with Crippen LogP contribution in [0.2, 0.25) is 0 Å². The van der Waals surface area contributed by atoms with Gasteiger partial charge in [0.1, 0.15) is 11.5 Å². The molecule has 4 N–H and O–H groups in total. The van der Waals surface area contributed by atoms with Gasteiger partial charge in [-0.25, -0.2) is 0 Å². The average Bonchev–Trinajstić information content (AvgIpc) is 3.35. The van der Waals surface area contributed by atoms with E-state index >= 15 is 0 Å². The second kappa shape index (κ2) is 8.17. The molecule has 5 heteroatoms. The van der Waals surface area contributed by atoms with Gasteiger partial charge >= 0.3 is 0 Å². The summed E-state index contributed by atoms with van der Waals surface area (Å²) in [4.78, 5) is 12.6. The molecule has 0 spiro atoms. The number of rotatable bonds is 8. The molecule has 4 rings (SSSR count). The SMILES string of the molecule is NCCCOc1ccc2c(c1)CCc1cc(OCCCN)ccc1-c1c-2c1=O. The van der Waals surface area contributed by atoms with Crippen molar-refractivity contribution in [2.24, 2.45) is 11.5 Å². The third-order valence-corrected chi connectivity index (χ3v) is 5.23. The monoisotopic (exact) mass is 378 g/mol. The first-order chi connectivity index (χ1) is 13.7. The van der Waals surface area contributed by atoms with Crippen LogP contribution in [0.15, 0.2) is 41.2 Å². The summed E-state index contributed by atoms with van der Waals surface area (Å²) in [5, 5.41) is 0. The van der Waals surface area contributed by atoms with Gasteiger partial charge in [0.05, 0.1) is 13.2 Å². The zero-order valence-electron chi connectivity index (χ0n) is 16.0. The Morgan fingerprint density at radius 1 is 0.750 bits per heavy atom. The van der Waals surface area contributed by atoms with Crippen LogP contribution in [0.1, 0.15) is 24.0 Å². The molecule has 0 unspecified atom stereocenters. The first-order valence-electron chi connectivity index (χ1n) is 9.94. The third kappa shape index (κ3) is 3.68. The Morgan fingerprint density at radius 2 is 1.21 bits per heavy atom. The van der Waals surface area contributed by atoms with Gasteiger partial charge in [-0.05, 0) is 85.3 Å². The number of ether oxygens (including phenoxy) is 2. The first-order valence-corrected chi connectivity index (χ1v) is 9.94. The lowest BCUT2D eigenvalue weighted by atomic mass is 9.91. The normalized spacial score (nSPS) is 12.6. The van der Waals surface area contributed by atoms with Gasteiger partial charge in [-0.3, -0.25) is 4.79 Å². The highest BCUT2D eigenvalue weighted by atomic mass is 16.5. The van der Waals surface area contributed by atoms with Gasteiger partial charge in [-0.1, -0.05) is 12.1 Å². The molecule has 5 nitrogen and oxygen atoms in total. The first kappa shape index (κ1) is 18.7. The Morgan fingerprint density at radius 3 is 1.64 bits per heavy atom. The van der Waals surface area contributed by atoms with E-state index < -0.39 is 0 Å². The number of fused-ring (bicyclic) bond motifs is 5. The van der Waals surface area contributed by atoms with Crippen molar-refractivity contribution in [1.29, 1.82) is 0 Å². The summed E-state index contributed by atoms with van der Waals surface area (Å²) < 4.78 is 11.6. The van der Waals surface area contributed by atoms with Crippen molar-refractivity contribution in [1.82, 2.24) is 0 Å². The largest absolute Gasteiger partial charge is 0.494 e. The molecule has 0 saturated heterocycles. The van der Waals surface area contributed by atoms with Crippen molar-refractivity contribution >= 4 is 0 Å². The van der Waals surface area contributed by atoms with E-state index in [4.69, 9.17) is 20.9 Å². The van der Waals surface area contributed by atoms with Crippen molar-refractivity contribution < 1.29 is 9.47 Å². The van der Waals surface area contributed by atoms with Gasteiger partial charge in [0.15, 0.2) is 5.43 Å². The fraction of sp³-hybridized carbons (Fsp3) is 0.348. The van der Waals surface area contributed by atoms with Crippen molar-refractivity contribution in [2.45, 2.75) is 25.7 Å². The van der Waals surface area contributed by atoms with Gasteiger partial charge in [0.2, 0.25) is 0 Å². The minimum atomic E-state index is 0.151. The van der Waals surface area contributed by atoms with Crippen molar-refractivity contribution in [2.75, 3.05) is 26.3 Å². The van der Waals surface area contributed by atoms with Gasteiger partial charge in [0.25, 0.3) is 0 Å². The lowest BCUT2D eigenvalue weighted by Crippen LogP contribution is -2.07. The maximum absolute atomic E-state index is 12.6. The van der Waals surface area contributed by atoms with Crippen molar-refractivity contribution in [3.8, 4) is 33.8 Å². The van der Waals surface area contributed by atoms with Crippen LogP contribution in [-0.2, 0) is 12.8 Å². The summed E-state index contributed by atoms with van der Waals surface area (Å²) in [7, 11) is 0. The molecular weight excluding hydrogens is 352 g/mol. The zero-order valence-corrected chi connectivity index (χ0v) is 16.0. The minimum absolute atomic E-state index is 0.151. The van der Waals surface area contributed by atoms with E-state index in [0.717, 1.165) is 70.6 Å². The topological polar surface area (TPSA) is 87.6 Å². The van der Waals surface area contributed by atoms with Crippen LogP contribution in [0, 0.1) is 0 Å². The van der Waals surface area contributed by atoms with Gasteiger partial charge in [0, 0.05) is 11.1 Å². The Bertz CT molecular complexity index is 909. The average molecular weight is 378 g/mol. The Balaban J connectivity index is 1.62. The second-order valence-corrected chi connectivity index (χ2v) is 7.20. The van der Waals surface area contributed by atoms with E-state index in [1.54, 1.807) is 0 Å². The van der Waals surface area contributed by atoms with Crippen molar-refractivity contribution in [3.05, 3.63) is 57.7 Å². The highest BCUT2D eigenvalue weighted by Crippen LogP contribution is 2.42. The predicted octanol–water partition coefficient (Wildman–Crippen LogP) is 2.81. The summed E-state index contributed by atoms with van der Waals surface area (Å²) in [5.41, 5.74) is 17.3. The van der Waals surface area contributed by atoms with Gasteiger partial charge in [-0.15, -0.1) is 0 Å². The fourth-order valence-corrected chi connectivity index (χ4v) is 3.72. The molecule has 28 heavy (non-hydrogen) atoms. The number of hydrogen-bond donors (Lipinski definition) is 2. The highest BCUT2D eigenvalue weighted by molar-refractivity contribution is 5.96. The van der Waals surface area contributed by atoms with E-state index in [9.17, 15) is 4.79 Å². The molecule has 0 aliphatic heterocycles. The maximum atomic E-state index is 12.6. The second-order valence-electron chi connectivity index (χ2n) is 7.20. The van der Waals surface area contributed by atoms with Crippen LogP contribution in [-0.4, -0.2) is 26.3 Å². The molecule has 0 bridgehead atoms. The van der Waals surface area contributed by atoms with E-state index in [1.807, 2.05) is 24.3 Å². The summed E-state index contributed by atoms with van der Waals surface area (Å²) in [5.74, 6) is 1.67. The molecule has 3 aromatic carbocycles. The number of benzene rings is 2. The van der Waals surface area contributed by atoms with Gasteiger partial charge in [-0.2, -0.15) is 0 Å². The van der Waals surface area contributed by atoms with E-state index in [0.29, 0.717) is 26.3 Å². The van der Waals surface area contributed by atoms with E-state index in [1.165, 1.54) is 0 Å². The zero-order chi connectivity index (χ0) is 19.5. The molecule has 3 aromatic rings. The lowest BCUT2D eigenvalue weighted by molar-refractivity contribution is 0.313. The van der Waals surface area contributed by atoms with E-state index in [2.05, 4.69) is 12.1 Å². The molecule has 0 saturated carbocycles. The Hall–Kier alpha value is -2.63. The summed E-state index contributed by atoms with van der Waals surface area (Å²) in [6, 6.07) is 12.1. The molecule has 0 aromatic heterocycles. The molecule has 0 atom stereocenters. The standard InChI is InChI=1S/C23H26N2O3/c24-9-1-11-27-17-5-7-19-15(13-17)3-4-16-14-18(28-12-2-10-25)6-8-20(16)22-21(19)23(22)26/h5-8,13-14H,1-4,9-12,24-25H2. The number of aryl methyl sites for hydroxylation is 2. The smallest absolute Gasteiger partial charge is 0.195 e. The summed E-state index contributed by atoms with van der Waals surface area (Å²) >= 11 is 0. The van der Waals surface area contributed by atoms with Crippen LogP contribution in [0.25, 0.3) is 22.3 Å². The number of hydrogen-bond acceptors (Lipinski definition) is 5. The van der Waals surface area contributed by atoms with Crippen LogP contribution < -0.4 is 26.4 Å². The van der Waals surface area contributed by atoms with Crippen LogP contribution in [0.3, 0.4) is 0 Å². The number of nitrogens with two attached hydrogens (primary N) is 2.